The Morgan fingerprint density at radius 3 is 2.64 bits per heavy atom. The number of pyridine rings is 1. The number of hydrogen-bond acceptors (Lipinski definition) is 6. The summed E-state index contributed by atoms with van der Waals surface area (Å²) in [6, 6.07) is 14.7. The molecule has 2 N–H and O–H groups in total. The molecular weight excluding hydrogens is 446 g/mol. The SMILES string of the molecule is Cc1cc(COc2ccc(S(=O)(=O)N[C@@H]3CN(C=O)C[C@@H]3C(=O)O)cc2)c2ccccc2n1. The summed E-state index contributed by atoms with van der Waals surface area (Å²) < 4.78 is 33.8. The molecule has 3 aromatic rings. The molecule has 1 aliphatic heterocycles. The summed E-state index contributed by atoms with van der Waals surface area (Å²) >= 11 is 0. The fraction of sp³-hybridized carbons (Fsp3) is 0.261. The maximum atomic E-state index is 12.8. The first-order valence-corrected chi connectivity index (χ1v) is 11.8. The number of para-hydroxylation sites is 1. The first-order valence-electron chi connectivity index (χ1n) is 10.3. The van der Waals surface area contributed by atoms with E-state index in [1.54, 1.807) is 12.1 Å². The summed E-state index contributed by atoms with van der Waals surface area (Å²) in [6.45, 7) is 2.16. The van der Waals surface area contributed by atoms with Gasteiger partial charge in [0.05, 0.1) is 22.4 Å². The second kappa shape index (κ2) is 9.16. The van der Waals surface area contributed by atoms with Gasteiger partial charge in [0.1, 0.15) is 12.4 Å². The standard InChI is InChI=1S/C23H23N3O6S/c1-15-10-16(19-4-2-3-5-21(19)24-15)13-32-17-6-8-18(9-7-17)33(30,31)25-22-12-26(14-27)11-20(22)23(28)29/h2-10,14,20,22,25H,11-13H2,1H3,(H,28,29)/t20-,22+/m0/s1. The van der Waals surface area contributed by atoms with Gasteiger partial charge in [-0.05, 0) is 43.3 Å². The number of aliphatic carboxylic acids is 1. The predicted octanol–water partition coefficient (Wildman–Crippen LogP) is 1.94. The third kappa shape index (κ3) is 4.96. The van der Waals surface area contributed by atoms with E-state index >= 15 is 0 Å². The van der Waals surface area contributed by atoms with Crippen LogP contribution in [0.5, 0.6) is 5.75 Å². The molecule has 1 aromatic heterocycles. The predicted molar refractivity (Wildman–Crippen MR) is 120 cm³/mol. The number of carbonyl (C=O) groups excluding carboxylic acids is 1. The molecule has 9 nitrogen and oxygen atoms in total. The average molecular weight is 470 g/mol. The van der Waals surface area contributed by atoms with Crippen molar-refractivity contribution in [2.75, 3.05) is 13.1 Å². The van der Waals surface area contributed by atoms with Crippen molar-refractivity contribution in [1.82, 2.24) is 14.6 Å². The minimum atomic E-state index is -3.98. The largest absolute Gasteiger partial charge is 0.489 e. The van der Waals surface area contributed by atoms with Crippen LogP contribution in [-0.2, 0) is 26.2 Å². The van der Waals surface area contributed by atoms with E-state index in [2.05, 4.69) is 9.71 Å². The van der Waals surface area contributed by atoms with E-state index in [1.807, 2.05) is 37.3 Å². The molecule has 33 heavy (non-hydrogen) atoms. The summed E-state index contributed by atoms with van der Waals surface area (Å²) in [4.78, 5) is 28.2. The van der Waals surface area contributed by atoms with Crippen molar-refractivity contribution in [2.45, 2.75) is 24.5 Å². The Hall–Kier alpha value is -3.50. The van der Waals surface area contributed by atoms with Gasteiger partial charge >= 0.3 is 5.97 Å². The Kier molecular flexibility index (Phi) is 6.30. The number of likely N-dealkylation sites (tertiary alicyclic amines) is 1. The van der Waals surface area contributed by atoms with Crippen molar-refractivity contribution in [2.24, 2.45) is 5.92 Å². The Balaban J connectivity index is 1.46. The molecule has 10 heteroatoms. The Bertz CT molecular complexity index is 1290. The van der Waals surface area contributed by atoms with E-state index in [0.717, 1.165) is 22.2 Å². The lowest BCUT2D eigenvalue weighted by molar-refractivity contribution is -0.141. The van der Waals surface area contributed by atoms with E-state index in [0.29, 0.717) is 12.2 Å². The highest BCUT2D eigenvalue weighted by Crippen LogP contribution is 2.23. The molecule has 1 fully saturated rings. The Morgan fingerprint density at radius 2 is 1.94 bits per heavy atom. The molecule has 0 aliphatic carbocycles. The molecule has 4 rings (SSSR count). The molecule has 0 radical (unpaired) electrons. The van der Waals surface area contributed by atoms with Crippen LogP contribution in [0.25, 0.3) is 10.9 Å². The number of nitrogens with zero attached hydrogens (tertiary/aromatic N) is 2. The van der Waals surface area contributed by atoms with Gasteiger partial charge in [-0.15, -0.1) is 0 Å². The minimum Gasteiger partial charge on any atom is -0.489 e. The molecule has 0 saturated carbocycles. The van der Waals surface area contributed by atoms with Gasteiger partial charge in [-0.3, -0.25) is 14.6 Å². The van der Waals surface area contributed by atoms with E-state index in [1.165, 1.54) is 17.0 Å². The van der Waals surface area contributed by atoms with Crippen LogP contribution in [-0.4, -0.2) is 54.9 Å². The Labute approximate surface area is 191 Å². The molecule has 0 unspecified atom stereocenters. The maximum Gasteiger partial charge on any atom is 0.310 e. The number of carboxylic acids is 1. The quantitative estimate of drug-likeness (QED) is 0.483. The van der Waals surface area contributed by atoms with Crippen LogP contribution in [0.15, 0.2) is 59.5 Å². The number of benzene rings is 2. The summed E-state index contributed by atoms with van der Waals surface area (Å²) in [5, 5.41) is 10.3. The minimum absolute atomic E-state index is 0.000196. The van der Waals surface area contributed by atoms with Crippen molar-refractivity contribution in [1.29, 1.82) is 0 Å². The number of carbonyl (C=O) groups is 2. The number of ether oxygens (including phenoxy) is 1. The van der Waals surface area contributed by atoms with Crippen molar-refractivity contribution < 1.29 is 27.9 Å². The van der Waals surface area contributed by atoms with Gasteiger partial charge in [0.2, 0.25) is 16.4 Å². The highest BCUT2D eigenvalue weighted by Gasteiger charge is 2.39. The van der Waals surface area contributed by atoms with Gasteiger partial charge in [-0.2, -0.15) is 0 Å². The summed E-state index contributed by atoms with van der Waals surface area (Å²) in [7, 11) is -3.98. The molecule has 1 aliphatic rings. The average Bonchev–Trinajstić information content (AvgIpc) is 3.20. The third-order valence-corrected chi connectivity index (χ3v) is 7.09. The number of aryl methyl sites for hydroxylation is 1. The fourth-order valence-electron chi connectivity index (χ4n) is 3.95. The summed E-state index contributed by atoms with van der Waals surface area (Å²) in [5.41, 5.74) is 2.72. The topological polar surface area (TPSA) is 126 Å². The van der Waals surface area contributed by atoms with Crippen LogP contribution < -0.4 is 9.46 Å². The van der Waals surface area contributed by atoms with Crippen LogP contribution in [0.2, 0.25) is 0 Å². The lowest BCUT2D eigenvalue weighted by atomic mass is 10.1. The number of amides is 1. The van der Waals surface area contributed by atoms with Gasteiger partial charge in [0.15, 0.2) is 0 Å². The van der Waals surface area contributed by atoms with Crippen molar-refractivity contribution in [3.63, 3.8) is 0 Å². The zero-order chi connectivity index (χ0) is 23.6. The van der Waals surface area contributed by atoms with E-state index in [-0.39, 0.29) is 24.6 Å². The number of nitrogens with one attached hydrogen (secondary N) is 1. The number of hydrogen-bond donors (Lipinski definition) is 2. The first kappa shape index (κ1) is 22.7. The lowest BCUT2D eigenvalue weighted by Gasteiger charge is -2.17. The smallest absolute Gasteiger partial charge is 0.310 e. The van der Waals surface area contributed by atoms with Gasteiger partial charge in [0.25, 0.3) is 0 Å². The number of carboxylic acid groups (broad SMARTS) is 1. The number of sulfonamides is 1. The lowest BCUT2D eigenvalue weighted by Crippen LogP contribution is -2.42. The van der Waals surface area contributed by atoms with Crippen molar-refractivity contribution >= 4 is 33.3 Å². The van der Waals surface area contributed by atoms with Gasteiger partial charge < -0.3 is 14.7 Å². The number of aromatic nitrogens is 1. The highest BCUT2D eigenvalue weighted by molar-refractivity contribution is 7.89. The van der Waals surface area contributed by atoms with E-state index in [4.69, 9.17) is 4.74 Å². The molecule has 2 atom stereocenters. The molecule has 172 valence electrons. The van der Waals surface area contributed by atoms with Crippen LogP contribution in [0.3, 0.4) is 0 Å². The molecule has 0 bridgehead atoms. The van der Waals surface area contributed by atoms with E-state index in [9.17, 15) is 23.1 Å². The summed E-state index contributed by atoms with van der Waals surface area (Å²) in [5.74, 6) is -1.68. The van der Waals surface area contributed by atoms with Gasteiger partial charge in [-0.25, -0.2) is 13.1 Å². The second-order valence-electron chi connectivity index (χ2n) is 7.93. The number of fused-ring (bicyclic) bond motifs is 1. The van der Waals surface area contributed by atoms with Gasteiger partial charge in [0, 0.05) is 29.7 Å². The zero-order valence-electron chi connectivity index (χ0n) is 17.8. The molecule has 2 aromatic carbocycles. The van der Waals surface area contributed by atoms with Crippen LogP contribution in [0.1, 0.15) is 11.3 Å². The third-order valence-electron chi connectivity index (χ3n) is 5.58. The van der Waals surface area contributed by atoms with Crippen molar-refractivity contribution in [3.05, 3.63) is 65.9 Å². The molecule has 2 heterocycles. The fourth-order valence-corrected chi connectivity index (χ4v) is 5.22. The normalized spacial score (nSPS) is 18.4. The maximum absolute atomic E-state index is 12.8. The van der Waals surface area contributed by atoms with Crippen LogP contribution in [0.4, 0.5) is 0 Å². The Morgan fingerprint density at radius 1 is 1.21 bits per heavy atom. The van der Waals surface area contributed by atoms with E-state index < -0.39 is 28.0 Å². The zero-order valence-corrected chi connectivity index (χ0v) is 18.7. The number of rotatable bonds is 8. The monoisotopic (exact) mass is 469 g/mol. The first-order chi connectivity index (χ1) is 15.8. The molecular formula is C23H23N3O6S. The molecule has 1 amide bonds. The van der Waals surface area contributed by atoms with Crippen LogP contribution in [0, 0.1) is 12.8 Å². The van der Waals surface area contributed by atoms with Gasteiger partial charge in [-0.1, -0.05) is 18.2 Å². The van der Waals surface area contributed by atoms with Crippen molar-refractivity contribution in [3.8, 4) is 5.75 Å². The van der Waals surface area contributed by atoms with Crippen LogP contribution >= 0.6 is 0 Å². The summed E-state index contributed by atoms with van der Waals surface area (Å²) in [6.07, 6.45) is 0.518. The second-order valence-corrected chi connectivity index (χ2v) is 9.65. The molecule has 1 saturated heterocycles. The highest BCUT2D eigenvalue weighted by atomic mass is 32.2. The molecule has 0 spiro atoms.